The second-order valence-corrected chi connectivity index (χ2v) is 10.1. The zero-order chi connectivity index (χ0) is 23.4. The number of fused-ring (bicyclic) bond motifs is 1. The van der Waals surface area contributed by atoms with Crippen LogP contribution in [0.2, 0.25) is 5.02 Å². The number of hydrogen-bond donors (Lipinski definition) is 0. The highest BCUT2D eigenvalue weighted by Crippen LogP contribution is 2.34. The molecule has 0 N–H and O–H groups in total. The second-order valence-electron chi connectivity index (χ2n) is 9.68. The molecule has 33 heavy (non-hydrogen) atoms. The van der Waals surface area contributed by atoms with Gasteiger partial charge in [-0.05, 0) is 71.7 Å². The average molecular weight is 473 g/mol. The van der Waals surface area contributed by atoms with Gasteiger partial charge in [-0.2, -0.15) is 0 Å². The number of hydrogen-bond acceptors (Lipinski definition) is 0. The molecule has 0 heterocycles. The number of halogens is 4. The van der Waals surface area contributed by atoms with Crippen molar-refractivity contribution in [2.75, 3.05) is 0 Å². The third-order valence-electron chi connectivity index (χ3n) is 7.33. The van der Waals surface area contributed by atoms with Gasteiger partial charge in [-0.3, -0.25) is 0 Å². The average Bonchev–Trinajstić information content (AvgIpc) is 2.82. The summed E-state index contributed by atoms with van der Waals surface area (Å²) in [4.78, 5) is 0. The summed E-state index contributed by atoms with van der Waals surface area (Å²) in [5.41, 5.74) is 2.28. The van der Waals surface area contributed by atoms with Crippen LogP contribution in [0.3, 0.4) is 0 Å². The van der Waals surface area contributed by atoms with E-state index >= 15 is 4.39 Å². The van der Waals surface area contributed by atoms with E-state index < -0.39 is 16.7 Å². The van der Waals surface area contributed by atoms with Crippen LogP contribution in [0.1, 0.15) is 68.6 Å². The van der Waals surface area contributed by atoms with E-state index in [0.29, 0.717) is 29.4 Å². The summed E-state index contributed by atoms with van der Waals surface area (Å²) in [5, 5.41) is 1.00. The first kappa shape index (κ1) is 24.1. The van der Waals surface area contributed by atoms with Gasteiger partial charge >= 0.3 is 0 Å². The maximum atomic E-state index is 15.1. The summed E-state index contributed by atoms with van der Waals surface area (Å²) in [6.45, 7) is 2.28. The largest absolute Gasteiger partial charge is 0.206 e. The topological polar surface area (TPSA) is 0 Å². The van der Waals surface area contributed by atoms with Crippen molar-refractivity contribution in [1.82, 2.24) is 0 Å². The van der Waals surface area contributed by atoms with E-state index in [9.17, 15) is 8.78 Å². The van der Waals surface area contributed by atoms with Gasteiger partial charge in [0, 0.05) is 5.39 Å². The molecule has 1 aliphatic rings. The quantitative estimate of drug-likeness (QED) is 0.286. The molecule has 0 aliphatic heterocycles. The minimum absolute atomic E-state index is 0.247. The van der Waals surface area contributed by atoms with E-state index in [-0.39, 0.29) is 5.82 Å². The van der Waals surface area contributed by atoms with Gasteiger partial charge in [0.1, 0.15) is 22.5 Å². The smallest absolute Gasteiger partial charge is 0.145 e. The summed E-state index contributed by atoms with van der Waals surface area (Å²) in [6.07, 6.45) is 11.1. The van der Waals surface area contributed by atoms with Crippen LogP contribution in [0.5, 0.6) is 0 Å². The Morgan fingerprint density at radius 3 is 2.09 bits per heavy atom. The van der Waals surface area contributed by atoms with Crippen molar-refractivity contribution in [3.63, 3.8) is 0 Å². The SMILES string of the molecule is CCCC1CCC(CCc2ccc3c(F)c(CCc4cc(F)c(Cl)c(F)c4)ccc3c2)CC1. The Kier molecular flexibility index (Phi) is 8.01. The predicted octanol–water partition coefficient (Wildman–Crippen LogP) is 9.23. The summed E-state index contributed by atoms with van der Waals surface area (Å²) >= 11 is 5.54. The summed E-state index contributed by atoms with van der Waals surface area (Å²) < 4.78 is 42.5. The number of aryl methyl sites for hydroxylation is 3. The fourth-order valence-electron chi connectivity index (χ4n) is 5.35. The summed E-state index contributed by atoms with van der Waals surface area (Å²) in [5.74, 6) is -0.0696. The monoisotopic (exact) mass is 472 g/mol. The number of rotatable bonds is 8. The normalized spacial score (nSPS) is 18.7. The Hall–Kier alpha value is -2.00. The van der Waals surface area contributed by atoms with Gasteiger partial charge in [0.2, 0.25) is 0 Å². The van der Waals surface area contributed by atoms with Crippen LogP contribution in [0.25, 0.3) is 10.8 Å². The molecule has 3 aromatic carbocycles. The maximum absolute atomic E-state index is 15.1. The molecule has 0 aromatic heterocycles. The molecular formula is C29H32ClF3. The first-order valence-corrected chi connectivity index (χ1v) is 12.7. The highest BCUT2D eigenvalue weighted by Gasteiger charge is 2.20. The van der Waals surface area contributed by atoms with Gasteiger partial charge in [0.15, 0.2) is 0 Å². The molecule has 3 aromatic rings. The minimum atomic E-state index is -0.785. The summed E-state index contributed by atoms with van der Waals surface area (Å²) in [6, 6.07) is 12.2. The van der Waals surface area contributed by atoms with Gasteiger partial charge in [-0.25, -0.2) is 13.2 Å². The standard InChI is InChI=1S/C29H32ClF3/c1-2-3-19-4-6-20(7-5-19)8-9-21-11-15-25-24(16-21)14-13-23(29(25)33)12-10-22-17-26(31)28(30)27(32)18-22/h11,13-20H,2-10,12H2,1H3. The van der Waals surface area contributed by atoms with Gasteiger partial charge in [-0.1, -0.05) is 87.4 Å². The molecule has 4 heteroatoms. The lowest BCUT2D eigenvalue weighted by atomic mass is 9.78. The van der Waals surface area contributed by atoms with Crippen molar-refractivity contribution in [3.8, 4) is 0 Å². The van der Waals surface area contributed by atoms with Crippen LogP contribution in [0.4, 0.5) is 13.2 Å². The number of benzene rings is 3. The molecule has 0 saturated heterocycles. The third kappa shape index (κ3) is 5.93. The predicted molar refractivity (Wildman–Crippen MR) is 131 cm³/mol. The molecular weight excluding hydrogens is 441 g/mol. The van der Waals surface area contributed by atoms with E-state index in [4.69, 9.17) is 11.6 Å². The van der Waals surface area contributed by atoms with Crippen LogP contribution in [-0.2, 0) is 19.3 Å². The van der Waals surface area contributed by atoms with Gasteiger partial charge in [-0.15, -0.1) is 0 Å². The van der Waals surface area contributed by atoms with E-state index in [1.54, 1.807) is 6.07 Å². The lowest BCUT2D eigenvalue weighted by Gasteiger charge is -2.28. The Balaban J connectivity index is 1.38. The first-order chi connectivity index (χ1) is 15.9. The molecule has 1 fully saturated rings. The molecule has 176 valence electrons. The van der Waals surface area contributed by atoms with E-state index in [1.807, 2.05) is 18.2 Å². The van der Waals surface area contributed by atoms with E-state index in [1.165, 1.54) is 62.6 Å². The van der Waals surface area contributed by atoms with Crippen LogP contribution >= 0.6 is 11.6 Å². The molecule has 1 saturated carbocycles. The van der Waals surface area contributed by atoms with Crippen molar-refractivity contribution in [3.05, 3.63) is 81.6 Å². The third-order valence-corrected chi connectivity index (χ3v) is 7.69. The fraction of sp³-hybridized carbons (Fsp3) is 0.448. The molecule has 4 rings (SSSR count). The van der Waals surface area contributed by atoms with Crippen LogP contribution in [0.15, 0.2) is 42.5 Å². The van der Waals surface area contributed by atoms with E-state index in [0.717, 1.165) is 23.6 Å². The van der Waals surface area contributed by atoms with Gasteiger partial charge < -0.3 is 0 Å². The summed E-state index contributed by atoms with van der Waals surface area (Å²) in [7, 11) is 0. The van der Waals surface area contributed by atoms with Crippen molar-refractivity contribution in [2.45, 2.75) is 71.1 Å². The Labute approximate surface area is 200 Å². The highest BCUT2D eigenvalue weighted by molar-refractivity contribution is 6.30. The Morgan fingerprint density at radius 1 is 0.758 bits per heavy atom. The maximum Gasteiger partial charge on any atom is 0.145 e. The molecule has 0 unspecified atom stereocenters. The molecule has 1 aliphatic carbocycles. The first-order valence-electron chi connectivity index (χ1n) is 12.3. The minimum Gasteiger partial charge on any atom is -0.206 e. The van der Waals surface area contributed by atoms with Crippen LogP contribution in [-0.4, -0.2) is 0 Å². The molecule has 0 radical (unpaired) electrons. The van der Waals surface area contributed by atoms with Crippen molar-refractivity contribution in [1.29, 1.82) is 0 Å². The molecule has 0 amide bonds. The zero-order valence-electron chi connectivity index (χ0n) is 19.3. The van der Waals surface area contributed by atoms with Crippen molar-refractivity contribution >= 4 is 22.4 Å². The molecule has 0 nitrogen and oxygen atoms in total. The zero-order valence-corrected chi connectivity index (χ0v) is 20.0. The van der Waals surface area contributed by atoms with Gasteiger partial charge in [0.25, 0.3) is 0 Å². The van der Waals surface area contributed by atoms with E-state index in [2.05, 4.69) is 13.0 Å². The van der Waals surface area contributed by atoms with Crippen molar-refractivity contribution in [2.24, 2.45) is 11.8 Å². The van der Waals surface area contributed by atoms with Crippen molar-refractivity contribution < 1.29 is 13.2 Å². The van der Waals surface area contributed by atoms with Crippen LogP contribution < -0.4 is 0 Å². The highest BCUT2D eigenvalue weighted by atomic mass is 35.5. The molecule has 0 bridgehead atoms. The Morgan fingerprint density at radius 2 is 1.42 bits per heavy atom. The lowest BCUT2D eigenvalue weighted by Crippen LogP contribution is -2.15. The molecule has 0 atom stereocenters. The second kappa shape index (κ2) is 11.0. The van der Waals surface area contributed by atoms with Crippen LogP contribution in [0, 0.1) is 29.3 Å². The lowest BCUT2D eigenvalue weighted by molar-refractivity contribution is 0.252. The fourth-order valence-corrected chi connectivity index (χ4v) is 5.46. The Bertz CT molecular complexity index is 1080. The van der Waals surface area contributed by atoms with Gasteiger partial charge in [0.05, 0.1) is 0 Å². The molecule has 0 spiro atoms.